The summed E-state index contributed by atoms with van der Waals surface area (Å²) in [6, 6.07) is 4.18. The van der Waals surface area contributed by atoms with E-state index in [4.69, 9.17) is 4.74 Å². The zero-order valence-electron chi connectivity index (χ0n) is 16.2. The number of ether oxygens (including phenoxy) is 1. The number of pyridine rings is 1. The molecule has 0 aromatic carbocycles. The predicted octanol–water partition coefficient (Wildman–Crippen LogP) is 3.39. The minimum Gasteiger partial charge on any atom is -0.501 e. The van der Waals surface area contributed by atoms with Crippen molar-refractivity contribution in [3.63, 3.8) is 0 Å². The maximum absolute atomic E-state index is 12.1. The number of nitrogens with zero attached hydrogens (tertiary/aromatic N) is 1. The Hall–Kier alpha value is -2.24. The van der Waals surface area contributed by atoms with Crippen LogP contribution in [0, 0.1) is 0 Å². The van der Waals surface area contributed by atoms with Gasteiger partial charge in [-0.15, -0.1) is 0 Å². The highest BCUT2D eigenvalue weighted by Gasteiger charge is 2.11. The molecule has 144 valence electrons. The van der Waals surface area contributed by atoms with Crippen LogP contribution < -0.4 is 16.0 Å². The Bertz CT molecular complexity index is 610. The highest BCUT2D eigenvalue weighted by atomic mass is 16.5. The maximum Gasteiger partial charge on any atom is 0.315 e. The van der Waals surface area contributed by atoms with Crippen molar-refractivity contribution in [3.05, 3.63) is 35.2 Å². The van der Waals surface area contributed by atoms with Crippen LogP contribution in [0.4, 0.5) is 10.6 Å². The summed E-state index contributed by atoms with van der Waals surface area (Å²) in [6.45, 7) is 5.68. The molecule has 0 fully saturated rings. The van der Waals surface area contributed by atoms with Crippen molar-refractivity contribution in [1.82, 2.24) is 15.6 Å². The fourth-order valence-electron chi connectivity index (χ4n) is 3.02. The fourth-order valence-corrected chi connectivity index (χ4v) is 3.02. The summed E-state index contributed by atoms with van der Waals surface area (Å²) < 4.78 is 5.27. The lowest BCUT2D eigenvalue weighted by atomic mass is 10.1. The number of amides is 2. The number of fused-ring (bicyclic) bond motifs is 1. The molecule has 1 aromatic heterocycles. The van der Waals surface area contributed by atoms with Crippen molar-refractivity contribution in [2.45, 2.75) is 58.4 Å². The molecule has 1 aliphatic rings. The largest absolute Gasteiger partial charge is 0.501 e. The minimum atomic E-state index is -0.128. The van der Waals surface area contributed by atoms with E-state index < -0.39 is 0 Å². The zero-order chi connectivity index (χ0) is 18.8. The molecular weight excluding hydrogens is 328 g/mol. The van der Waals surface area contributed by atoms with Crippen LogP contribution in [-0.4, -0.2) is 37.3 Å². The van der Waals surface area contributed by atoms with Gasteiger partial charge in [-0.05, 0) is 43.4 Å². The first kappa shape index (κ1) is 20.1. The SMILES string of the molecule is CCC(=CCC(CC)NC(=O)NCCc1ccc2c(n1)NCCC2)OC. The number of hydrogen-bond acceptors (Lipinski definition) is 4. The molecule has 0 saturated heterocycles. The second kappa shape index (κ2) is 10.7. The van der Waals surface area contributed by atoms with Gasteiger partial charge in [0.1, 0.15) is 5.82 Å². The van der Waals surface area contributed by atoms with Gasteiger partial charge in [0.2, 0.25) is 0 Å². The summed E-state index contributed by atoms with van der Waals surface area (Å²) >= 11 is 0. The van der Waals surface area contributed by atoms with Gasteiger partial charge in [-0.25, -0.2) is 9.78 Å². The van der Waals surface area contributed by atoms with Crippen molar-refractivity contribution < 1.29 is 9.53 Å². The first-order valence-electron chi connectivity index (χ1n) is 9.66. The van der Waals surface area contributed by atoms with Gasteiger partial charge in [0, 0.05) is 37.7 Å². The van der Waals surface area contributed by atoms with E-state index in [1.54, 1.807) is 7.11 Å². The fraction of sp³-hybridized carbons (Fsp3) is 0.600. The average molecular weight is 361 g/mol. The standard InChI is InChI=1S/C20H32N4O2/c1-4-16(10-11-18(5-2)26-3)24-20(25)22-14-12-17-9-8-15-7-6-13-21-19(15)23-17/h8-9,11,16H,4-7,10,12-14H2,1-3H3,(H,21,23)(H2,22,24,25). The van der Waals surface area contributed by atoms with Gasteiger partial charge < -0.3 is 20.7 Å². The van der Waals surface area contributed by atoms with Crippen LogP contribution in [0.2, 0.25) is 0 Å². The van der Waals surface area contributed by atoms with Crippen LogP contribution >= 0.6 is 0 Å². The molecule has 1 atom stereocenters. The van der Waals surface area contributed by atoms with E-state index in [2.05, 4.69) is 53.0 Å². The van der Waals surface area contributed by atoms with Crippen LogP contribution in [0.5, 0.6) is 0 Å². The molecule has 0 spiro atoms. The number of anilines is 1. The van der Waals surface area contributed by atoms with Crippen molar-refractivity contribution in [1.29, 1.82) is 0 Å². The molecule has 6 heteroatoms. The van der Waals surface area contributed by atoms with Crippen molar-refractivity contribution in [2.24, 2.45) is 0 Å². The molecule has 0 aliphatic carbocycles. The minimum absolute atomic E-state index is 0.109. The molecule has 1 aromatic rings. The number of aromatic nitrogens is 1. The lowest BCUT2D eigenvalue weighted by molar-refractivity contribution is 0.236. The number of methoxy groups -OCH3 is 1. The predicted molar refractivity (Wildman–Crippen MR) is 105 cm³/mol. The number of hydrogen-bond donors (Lipinski definition) is 3. The van der Waals surface area contributed by atoms with Crippen LogP contribution in [0.1, 0.15) is 50.8 Å². The van der Waals surface area contributed by atoms with E-state index in [9.17, 15) is 4.79 Å². The quantitative estimate of drug-likeness (QED) is 0.590. The second-order valence-electron chi connectivity index (χ2n) is 6.56. The third-order valence-corrected chi connectivity index (χ3v) is 4.69. The van der Waals surface area contributed by atoms with Gasteiger partial charge in [-0.3, -0.25) is 0 Å². The van der Waals surface area contributed by atoms with E-state index >= 15 is 0 Å². The zero-order valence-corrected chi connectivity index (χ0v) is 16.2. The number of rotatable bonds is 9. The van der Waals surface area contributed by atoms with Gasteiger partial charge in [0.25, 0.3) is 0 Å². The lowest BCUT2D eigenvalue weighted by Crippen LogP contribution is -2.42. The van der Waals surface area contributed by atoms with Gasteiger partial charge in [0.05, 0.1) is 12.9 Å². The third kappa shape index (κ3) is 6.24. The Morgan fingerprint density at radius 3 is 3.00 bits per heavy atom. The number of nitrogens with one attached hydrogen (secondary N) is 3. The number of allylic oxidation sites excluding steroid dienone is 1. The number of carbonyl (C=O) groups excluding carboxylic acids is 1. The number of aryl methyl sites for hydroxylation is 1. The monoisotopic (exact) mass is 360 g/mol. The molecular formula is C20H32N4O2. The Kier molecular flexibility index (Phi) is 8.25. The summed E-state index contributed by atoms with van der Waals surface area (Å²) in [6.07, 6.45) is 7.55. The topological polar surface area (TPSA) is 75.3 Å². The van der Waals surface area contributed by atoms with E-state index in [1.807, 2.05) is 0 Å². The summed E-state index contributed by atoms with van der Waals surface area (Å²) in [5, 5.41) is 9.29. The third-order valence-electron chi connectivity index (χ3n) is 4.69. The lowest BCUT2D eigenvalue weighted by Gasteiger charge is -2.18. The summed E-state index contributed by atoms with van der Waals surface area (Å²) in [7, 11) is 1.68. The molecule has 1 unspecified atom stereocenters. The van der Waals surface area contributed by atoms with E-state index in [1.165, 1.54) is 5.56 Å². The molecule has 6 nitrogen and oxygen atoms in total. The molecule has 26 heavy (non-hydrogen) atoms. The van der Waals surface area contributed by atoms with Crippen molar-refractivity contribution in [2.75, 3.05) is 25.5 Å². The van der Waals surface area contributed by atoms with Gasteiger partial charge in [0.15, 0.2) is 0 Å². The number of carbonyl (C=O) groups is 1. The summed E-state index contributed by atoms with van der Waals surface area (Å²) in [5.41, 5.74) is 2.29. The van der Waals surface area contributed by atoms with E-state index in [-0.39, 0.29) is 12.1 Å². The van der Waals surface area contributed by atoms with Crippen molar-refractivity contribution >= 4 is 11.8 Å². The molecule has 0 radical (unpaired) electrons. The Labute approximate surface area is 156 Å². The second-order valence-corrected chi connectivity index (χ2v) is 6.56. The maximum atomic E-state index is 12.1. The summed E-state index contributed by atoms with van der Waals surface area (Å²) in [5.74, 6) is 1.96. The average Bonchev–Trinajstić information content (AvgIpc) is 2.67. The first-order chi connectivity index (χ1) is 12.7. The van der Waals surface area contributed by atoms with Gasteiger partial charge in [-0.1, -0.05) is 19.9 Å². The van der Waals surface area contributed by atoms with Crippen LogP contribution in [0.15, 0.2) is 24.0 Å². The molecule has 0 bridgehead atoms. The van der Waals surface area contributed by atoms with Gasteiger partial charge >= 0.3 is 6.03 Å². The van der Waals surface area contributed by atoms with Crippen molar-refractivity contribution in [3.8, 4) is 0 Å². The smallest absolute Gasteiger partial charge is 0.315 e. The Morgan fingerprint density at radius 1 is 1.42 bits per heavy atom. The van der Waals surface area contributed by atoms with Gasteiger partial charge in [-0.2, -0.15) is 0 Å². The van der Waals surface area contributed by atoms with E-state index in [0.717, 1.165) is 62.3 Å². The normalized spacial score (nSPS) is 14.8. The van der Waals surface area contributed by atoms with Crippen LogP contribution in [0.3, 0.4) is 0 Å². The molecule has 0 saturated carbocycles. The van der Waals surface area contributed by atoms with Crippen LogP contribution in [-0.2, 0) is 17.6 Å². The molecule has 2 amide bonds. The molecule has 2 heterocycles. The van der Waals surface area contributed by atoms with Crippen LogP contribution in [0.25, 0.3) is 0 Å². The number of urea groups is 1. The molecule has 3 N–H and O–H groups in total. The first-order valence-corrected chi connectivity index (χ1v) is 9.66. The van der Waals surface area contributed by atoms with E-state index in [0.29, 0.717) is 6.54 Å². The Balaban J connectivity index is 1.74. The summed E-state index contributed by atoms with van der Waals surface area (Å²) in [4.78, 5) is 16.8. The highest BCUT2D eigenvalue weighted by Crippen LogP contribution is 2.19. The highest BCUT2D eigenvalue weighted by molar-refractivity contribution is 5.74. The Morgan fingerprint density at radius 2 is 2.27 bits per heavy atom. The molecule has 2 rings (SSSR count). The molecule has 1 aliphatic heterocycles.